The molecule has 41 heavy (non-hydrogen) atoms. The summed E-state index contributed by atoms with van der Waals surface area (Å²) in [7, 11) is 0. The van der Waals surface area contributed by atoms with Crippen LogP contribution in [0.15, 0.2) is 0 Å². The van der Waals surface area contributed by atoms with E-state index in [9.17, 15) is 5.26 Å². The molecule has 7 rings (SSSR count). The van der Waals surface area contributed by atoms with Crippen LogP contribution in [0.1, 0.15) is 54.5 Å². The van der Waals surface area contributed by atoms with Gasteiger partial charge in [-0.3, -0.25) is 4.90 Å². The van der Waals surface area contributed by atoms with Crippen molar-refractivity contribution in [3.05, 3.63) is 27.4 Å². The standard InChI is InChI=1S/C29H37N9O2S/c1-32-20-4-2-3-9-37(15-20)25-33-26(38-17-29(18-38)6-5-22-23(29)21(14-30)24(31)41-22)35-27(34-25)40-19-28(7-8-28)16-36-10-12-39-13-11-36/h20H,2-13,15-19,31H2. The van der Waals surface area contributed by atoms with E-state index in [0.29, 0.717) is 41.6 Å². The lowest BCUT2D eigenvalue weighted by Gasteiger charge is -2.48. The first-order chi connectivity index (χ1) is 20.0. The molecule has 1 saturated carbocycles. The number of thiophene rings is 1. The van der Waals surface area contributed by atoms with Crippen molar-refractivity contribution >= 4 is 28.2 Å². The lowest BCUT2D eigenvalue weighted by molar-refractivity contribution is 0.0231. The normalized spacial score (nSPS) is 24.7. The summed E-state index contributed by atoms with van der Waals surface area (Å²) >= 11 is 1.57. The van der Waals surface area contributed by atoms with E-state index in [4.69, 9.17) is 36.7 Å². The van der Waals surface area contributed by atoms with Crippen molar-refractivity contribution in [2.45, 2.75) is 56.4 Å². The predicted octanol–water partition coefficient (Wildman–Crippen LogP) is 2.86. The van der Waals surface area contributed by atoms with Gasteiger partial charge in [0.25, 0.3) is 0 Å². The Morgan fingerprint density at radius 2 is 1.88 bits per heavy atom. The van der Waals surface area contributed by atoms with Crippen LogP contribution in [0.2, 0.25) is 0 Å². The monoisotopic (exact) mass is 575 g/mol. The third-order valence-electron chi connectivity index (χ3n) is 9.58. The summed E-state index contributed by atoms with van der Waals surface area (Å²) in [5, 5.41) is 10.4. The number of fused-ring (bicyclic) bond motifs is 2. The van der Waals surface area contributed by atoms with Gasteiger partial charge in [-0.15, -0.1) is 11.3 Å². The summed E-state index contributed by atoms with van der Waals surface area (Å²) in [4.78, 5) is 26.5. The van der Waals surface area contributed by atoms with E-state index in [0.717, 1.165) is 103 Å². The van der Waals surface area contributed by atoms with Gasteiger partial charge in [-0.2, -0.15) is 20.2 Å². The topological polar surface area (TPSA) is 121 Å². The molecule has 1 spiro atoms. The molecule has 2 aromatic heterocycles. The third-order valence-corrected chi connectivity index (χ3v) is 10.7. The number of nitrogens with two attached hydrogens (primary N) is 1. The van der Waals surface area contributed by atoms with Crippen molar-refractivity contribution in [2.24, 2.45) is 5.41 Å². The zero-order valence-electron chi connectivity index (χ0n) is 23.5. The fourth-order valence-electron chi connectivity index (χ4n) is 7.03. The molecule has 4 fully saturated rings. The molecule has 2 aromatic rings. The fourth-order valence-corrected chi connectivity index (χ4v) is 8.17. The molecule has 0 amide bonds. The number of nitrogens with zero attached hydrogens (tertiary/aromatic N) is 8. The summed E-state index contributed by atoms with van der Waals surface area (Å²) in [6.07, 6.45) is 7.24. The van der Waals surface area contributed by atoms with Crippen LogP contribution < -0.4 is 20.3 Å². The Morgan fingerprint density at radius 3 is 2.61 bits per heavy atom. The highest BCUT2D eigenvalue weighted by Crippen LogP contribution is 2.52. The SMILES string of the molecule is [C-]#[N+]C1CCCCN(c2nc(OCC3(CN4CCOCC4)CC3)nc(N3CC4(CCc5sc(N)c(C#N)c54)C3)n2)C1. The van der Waals surface area contributed by atoms with Crippen molar-refractivity contribution < 1.29 is 9.47 Å². The Labute approximate surface area is 245 Å². The van der Waals surface area contributed by atoms with Crippen molar-refractivity contribution in [3.63, 3.8) is 0 Å². The largest absolute Gasteiger partial charge is 0.463 e. The predicted molar refractivity (Wildman–Crippen MR) is 156 cm³/mol. The van der Waals surface area contributed by atoms with Crippen LogP contribution >= 0.6 is 11.3 Å². The van der Waals surface area contributed by atoms with Crippen molar-refractivity contribution in [1.82, 2.24) is 19.9 Å². The van der Waals surface area contributed by atoms with E-state index in [1.54, 1.807) is 11.3 Å². The average molecular weight is 576 g/mol. The molecule has 1 unspecified atom stereocenters. The number of hydrogen-bond acceptors (Lipinski definition) is 11. The van der Waals surface area contributed by atoms with E-state index in [1.165, 1.54) is 4.88 Å². The maximum atomic E-state index is 9.80. The molecular formula is C29H37N9O2S. The summed E-state index contributed by atoms with van der Waals surface area (Å²) in [6.45, 7) is 15.7. The average Bonchev–Trinajstić information content (AvgIpc) is 3.61. The second-order valence-electron chi connectivity index (χ2n) is 12.5. The minimum Gasteiger partial charge on any atom is -0.463 e. The van der Waals surface area contributed by atoms with Crippen LogP contribution in [0.3, 0.4) is 0 Å². The molecule has 5 aliphatic rings. The first-order valence-corrected chi connectivity index (χ1v) is 15.7. The van der Waals surface area contributed by atoms with E-state index in [-0.39, 0.29) is 16.9 Å². The number of ether oxygens (including phenoxy) is 2. The van der Waals surface area contributed by atoms with Gasteiger partial charge in [0, 0.05) is 61.4 Å². The van der Waals surface area contributed by atoms with Gasteiger partial charge in [-0.1, -0.05) is 0 Å². The Kier molecular flexibility index (Phi) is 6.88. The molecule has 216 valence electrons. The van der Waals surface area contributed by atoms with Crippen LogP contribution in [-0.4, -0.2) is 91.5 Å². The lowest BCUT2D eigenvalue weighted by atomic mass is 9.74. The van der Waals surface area contributed by atoms with Gasteiger partial charge < -0.3 is 29.9 Å². The van der Waals surface area contributed by atoms with Gasteiger partial charge in [0.05, 0.1) is 31.9 Å². The van der Waals surface area contributed by atoms with E-state index in [1.807, 2.05) is 0 Å². The summed E-state index contributed by atoms with van der Waals surface area (Å²) in [6, 6.07) is 2.68. The number of aromatic nitrogens is 3. The summed E-state index contributed by atoms with van der Waals surface area (Å²) in [5.74, 6) is 1.22. The van der Waals surface area contributed by atoms with E-state index in [2.05, 4.69) is 25.6 Å². The summed E-state index contributed by atoms with van der Waals surface area (Å²) < 4.78 is 11.9. The van der Waals surface area contributed by atoms with Gasteiger partial charge >= 0.3 is 6.01 Å². The lowest BCUT2D eigenvalue weighted by Crippen LogP contribution is -2.59. The second kappa shape index (κ2) is 10.6. The van der Waals surface area contributed by atoms with Crippen LogP contribution in [0.4, 0.5) is 16.9 Å². The Balaban J connectivity index is 1.13. The van der Waals surface area contributed by atoms with Gasteiger partial charge in [0.2, 0.25) is 17.9 Å². The minimum absolute atomic E-state index is 0.0528. The molecule has 1 atom stereocenters. The van der Waals surface area contributed by atoms with Gasteiger partial charge in [0.1, 0.15) is 11.1 Å². The second-order valence-corrected chi connectivity index (χ2v) is 13.6. The van der Waals surface area contributed by atoms with Crippen molar-refractivity contribution in [1.29, 1.82) is 5.26 Å². The minimum atomic E-state index is -0.0731. The van der Waals surface area contributed by atoms with Crippen LogP contribution in [0.5, 0.6) is 6.01 Å². The molecule has 3 aliphatic heterocycles. The Morgan fingerprint density at radius 1 is 1.10 bits per heavy atom. The quantitative estimate of drug-likeness (QED) is 0.494. The zero-order valence-corrected chi connectivity index (χ0v) is 24.3. The number of morpholine rings is 1. The third kappa shape index (κ3) is 5.07. The zero-order chi connectivity index (χ0) is 28.0. The first kappa shape index (κ1) is 26.7. The Hall–Kier alpha value is -3.19. The van der Waals surface area contributed by atoms with Gasteiger partial charge in [-0.05, 0) is 44.1 Å². The fraction of sp³-hybridized carbons (Fsp3) is 0.690. The van der Waals surface area contributed by atoms with Crippen LogP contribution in [0.25, 0.3) is 4.85 Å². The highest BCUT2D eigenvalue weighted by molar-refractivity contribution is 7.16. The number of aryl methyl sites for hydroxylation is 1. The molecule has 0 radical (unpaired) electrons. The van der Waals surface area contributed by atoms with Gasteiger partial charge in [0.15, 0.2) is 0 Å². The maximum Gasteiger partial charge on any atom is 0.323 e. The van der Waals surface area contributed by atoms with Crippen LogP contribution in [-0.2, 0) is 16.6 Å². The number of nitriles is 1. The van der Waals surface area contributed by atoms with Crippen LogP contribution in [0, 0.1) is 23.3 Å². The molecule has 0 aromatic carbocycles. The van der Waals surface area contributed by atoms with Crippen molar-refractivity contribution in [3.8, 4) is 12.1 Å². The molecule has 2 aliphatic carbocycles. The number of rotatable bonds is 7. The number of nitrogen functional groups attached to an aromatic ring is 1. The van der Waals surface area contributed by atoms with E-state index >= 15 is 0 Å². The molecule has 12 heteroatoms. The summed E-state index contributed by atoms with van der Waals surface area (Å²) in [5.41, 5.74) is 8.08. The van der Waals surface area contributed by atoms with Gasteiger partial charge in [-0.25, -0.2) is 6.57 Å². The molecule has 11 nitrogen and oxygen atoms in total. The molecule has 3 saturated heterocycles. The molecule has 2 N–H and O–H groups in total. The number of hydrogen-bond donors (Lipinski definition) is 1. The molecule has 0 bridgehead atoms. The maximum absolute atomic E-state index is 9.80. The molecular weight excluding hydrogens is 538 g/mol. The smallest absolute Gasteiger partial charge is 0.323 e. The highest BCUT2D eigenvalue weighted by Gasteiger charge is 2.52. The highest BCUT2D eigenvalue weighted by atomic mass is 32.1. The first-order valence-electron chi connectivity index (χ1n) is 14.9. The molecule has 5 heterocycles. The van der Waals surface area contributed by atoms with Crippen molar-refractivity contribution in [2.75, 3.05) is 81.2 Å². The number of anilines is 3. The van der Waals surface area contributed by atoms with E-state index < -0.39 is 0 Å². The Bertz CT molecular complexity index is 1380.